The summed E-state index contributed by atoms with van der Waals surface area (Å²) in [7, 11) is 1.55. The Hall–Kier alpha value is -2.26. The number of hydrogen-bond acceptors (Lipinski definition) is 0. The predicted molar refractivity (Wildman–Crippen MR) is 146 cm³/mol. The maximum absolute atomic E-state index is 2.21. The molecule has 31 heavy (non-hydrogen) atoms. The van der Waals surface area contributed by atoms with Gasteiger partial charge in [0.15, 0.2) is 0 Å². The van der Waals surface area contributed by atoms with Gasteiger partial charge in [-0.05, 0) is 21.2 Å². The largest absolute Gasteiger partial charge is 0.0654 e. The van der Waals surface area contributed by atoms with E-state index in [-0.39, 0.29) is 0 Å². The molecule has 4 rings (SSSR count). The first kappa shape index (κ1) is 25.0. The molecular formula is C29H34P2. The van der Waals surface area contributed by atoms with Crippen LogP contribution in [0.2, 0.25) is 0 Å². The molecule has 0 aliphatic rings. The van der Waals surface area contributed by atoms with Crippen LogP contribution in [0, 0.1) is 0 Å². The zero-order valence-electron chi connectivity index (χ0n) is 18.7. The van der Waals surface area contributed by atoms with E-state index >= 15 is 0 Å². The van der Waals surface area contributed by atoms with Crippen LogP contribution in [-0.4, -0.2) is 0 Å². The van der Waals surface area contributed by atoms with Crippen LogP contribution in [0.15, 0.2) is 121 Å². The predicted octanol–water partition coefficient (Wildman–Crippen LogP) is 6.83. The molecule has 4 aromatic rings. The van der Waals surface area contributed by atoms with Gasteiger partial charge in [0.05, 0.1) is 0 Å². The number of rotatable bonds is 6. The van der Waals surface area contributed by atoms with Crippen LogP contribution in [0.3, 0.4) is 0 Å². The van der Waals surface area contributed by atoms with Gasteiger partial charge in [-0.15, -0.1) is 0 Å². The van der Waals surface area contributed by atoms with Crippen LogP contribution >= 0.6 is 17.2 Å². The van der Waals surface area contributed by atoms with Crippen molar-refractivity contribution in [1.29, 1.82) is 0 Å². The summed E-state index contributed by atoms with van der Waals surface area (Å²) in [6.45, 7) is 4.42. The molecule has 0 unspecified atom stereocenters. The van der Waals surface area contributed by atoms with Gasteiger partial charge in [0, 0.05) is 0 Å². The highest BCUT2D eigenvalue weighted by Crippen LogP contribution is 2.09. The first-order valence-electron chi connectivity index (χ1n) is 11.1. The summed E-state index contributed by atoms with van der Waals surface area (Å²) in [5.74, 6) is 0. The fourth-order valence-corrected chi connectivity index (χ4v) is 4.88. The molecule has 0 radical (unpaired) electrons. The van der Waals surface area contributed by atoms with Crippen LogP contribution in [0.1, 0.15) is 33.1 Å². The molecule has 0 aliphatic carbocycles. The molecule has 160 valence electrons. The van der Waals surface area contributed by atoms with Crippen molar-refractivity contribution in [3.63, 3.8) is 0 Å². The molecule has 2 heteroatoms. The molecule has 0 aliphatic heterocycles. The minimum Gasteiger partial charge on any atom is -0.0654 e. The maximum Gasteiger partial charge on any atom is -0.0226 e. The van der Waals surface area contributed by atoms with Gasteiger partial charge in [0.1, 0.15) is 0 Å². The molecule has 0 spiro atoms. The van der Waals surface area contributed by atoms with Crippen LogP contribution in [0.25, 0.3) is 0 Å². The summed E-state index contributed by atoms with van der Waals surface area (Å²) in [5, 5.41) is 5.59. The molecular weight excluding hydrogens is 410 g/mol. The van der Waals surface area contributed by atoms with Gasteiger partial charge < -0.3 is 0 Å². The first-order valence-corrected chi connectivity index (χ1v) is 13.1. The van der Waals surface area contributed by atoms with E-state index in [1.165, 1.54) is 40.5 Å². The third-order valence-electron chi connectivity index (χ3n) is 4.38. The lowest BCUT2D eigenvalue weighted by Crippen LogP contribution is -2.01. The van der Waals surface area contributed by atoms with Crippen molar-refractivity contribution in [3.8, 4) is 0 Å². The molecule has 0 aromatic heterocycles. The second kappa shape index (κ2) is 16.4. The highest BCUT2D eigenvalue weighted by molar-refractivity contribution is 7.55. The monoisotopic (exact) mass is 444 g/mol. The maximum atomic E-state index is 2.21. The highest BCUT2D eigenvalue weighted by atomic mass is 31.1. The van der Waals surface area contributed by atoms with Crippen molar-refractivity contribution in [1.82, 2.24) is 0 Å². The summed E-state index contributed by atoms with van der Waals surface area (Å²) in [5.41, 5.74) is 0. The smallest absolute Gasteiger partial charge is 0.0226 e. The molecule has 0 heterocycles. The van der Waals surface area contributed by atoms with Gasteiger partial charge in [-0.25, -0.2) is 0 Å². The minimum atomic E-state index is 0.777. The fraction of sp³-hybridized carbons (Fsp3) is 0.172. The summed E-state index contributed by atoms with van der Waals surface area (Å²) in [6, 6.07) is 42.3. The lowest BCUT2D eigenvalue weighted by atomic mass is 10.3. The Balaban J connectivity index is 0.000000182. The zero-order chi connectivity index (χ0) is 22.0. The number of unbranched alkanes of at least 4 members (excludes halogenated alkanes) is 2. The summed E-state index contributed by atoms with van der Waals surface area (Å²) in [4.78, 5) is 0. The molecule has 0 bridgehead atoms. The Morgan fingerprint density at radius 1 is 0.387 bits per heavy atom. The lowest BCUT2D eigenvalue weighted by Gasteiger charge is -2.00. The second-order valence-corrected chi connectivity index (χ2v) is 9.88. The number of hydrogen-bond donors (Lipinski definition) is 0. The third-order valence-corrected chi connectivity index (χ3v) is 6.87. The van der Waals surface area contributed by atoms with Gasteiger partial charge in [-0.3, -0.25) is 0 Å². The Labute approximate surface area is 192 Å². The van der Waals surface area contributed by atoms with Gasteiger partial charge in [-0.1, -0.05) is 172 Å². The molecule has 0 nitrogen and oxygen atoms in total. The minimum absolute atomic E-state index is 0.777. The van der Waals surface area contributed by atoms with E-state index < -0.39 is 0 Å². The van der Waals surface area contributed by atoms with Crippen molar-refractivity contribution in [2.75, 3.05) is 0 Å². The van der Waals surface area contributed by atoms with E-state index in [4.69, 9.17) is 0 Å². The van der Waals surface area contributed by atoms with Crippen LogP contribution in [0.4, 0.5) is 0 Å². The summed E-state index contributed by atoms with van der Waals surface area (Å²) >= 11 is 0. The lowest BCUT2D eigenvalue weighted by molar-refractivity contribution is 0.772. The molecule has 0 N–H and O–H groups in total. The van der Waals surface area contributed by atoms with E-state index in [1.54, 1.807) is 0 Å². The zero-order valence-corrected chi connectivity index (χ0v) is 20.7. The first-order chi connectivity index (χ1) is 15.3. The topological polar surface area (TPSA) is 0 Å². The summed E-state index contributed by atoms with van der Waals surface area (Å²) < 4.78 is 0. The third kappa shape index (κ3) is 11.6. The van der Waals surface area contributed by atoms with E-state index in [0.717, 1.165) is 17.2 Å². The van der Waals surface area contributed by atoms with Gasteiger partial charge in [0.2, 0.25) is 0 Å². The molecule has 4 aromatic carbocycles. The highest BCUT2D eigenvalue weighted by Gasteiger charge is 1.93. The van der Waals surface area contributed by atoms with E-state index in [0.29, 0.717) is 0 Å². The SMILES string of the molecule is CCCCC.c1ccc(Pc2ccccc2)cc1.c1ccc(Pc2ccccc2)cc1. The molecule has 0 amide bonds. The van der Waals surface area contributed by atoms with Crippen molar-refractivity contribution < 1.29 is 0 Å². The summed E-state index contributed by atoms with van der Waals surface area (Å²) in [6.07, 6.45) is 4.08. The van der Waals surface area contributed by atoms with Crippen LogP contribution < -0.4 is 21.2 Å². The standard InChI is InChI=1S/2C12H11P.C5H12/c2*1-3-7-11(8-4-1)13-12-9-5-2-6-10-12;1-3-5-4-2/h2*1-10,13H;3-5H2,1-2H3. The van der Waals surface area contributed by atoms with Crippen LogP contribution in [-0.2, 0) is 0 Å². The van der Waals surface area contributed by atoms with Crippen molar-refractivity contribution in [2.45, 2.75) is 33.1 Å². The Morgan fingerprint density at radius 3 is 0.774 bits per heavy atom. The molecule has 0 atom stereocenters. The molecule has 0 saturated heterocycles. The molecule has 0 saturated carbocycles. The van der Waals surface area contributed by atoms with Crippen molar-refractivity contribution in [2.24, 2.45) is 0 Å². The van der Waals surface area contributed by atoms with Crippen molar-refractivity contribution in [3.05, 3.63) is 121 Å². The van der Waals surface area contributed by atoms with E-state index in [2.05, 4.69) is 135 Å². The Bertz CT molecular complexity index is 754. The quantitative estimate of drug-likeness (QED) is 0.286. The van der Waals surface area contributed by atoms with Gasteiger partial charge in [-0.2, -0.15) is 0 Å². The second-order valence-electron chi connectivity index (χ2n) is 7.07. The van der Waals surface area contributed by atoms with Crippen molar-refractivity contribution >= 4 is 38.4 Å². The average molecular weight is 445 g/mol. The van der Waals surface area contributed by atoms with Gasteiger partial charge in [0.25, 0.3) is 0 Å². The number of benzene rings is 4. The Morgan fingerprint density at radius 2 is 0.613 bits per heavy atom. The molecule has 0 fully saturated rings. The average Bonchev–Trinajstić information content (AvgIpc) is 2.83. The normalized spacial score (nSPS) is 9.61. The Kier molecular flexibility index (Phi) is 13.3. The van der Waals surface area contributed by atoms with E-state index in [1.807, 2.05) is 0 Å². The fourth-order valence-electron chi connectivity index (χ4n) is 2.77. The van der Waals surface area contributed by atoms with Crippen LogP contribution in [0.5, 0.6) is 0 Å². The van der Waals surface area contributed by atoms with Gasteiger partial charge >= 0.3 is 0 Å². The van der Waals surface area contributed by atoms with E-state index in [9.17, 15) is 0 Å².